The van der Waals surface area contributed by atoms with Crippen LogP contribution >= 0.6 is 0 Å². The van der Waals surface area contributed by atoms with Gasteiger partial charge in [-0.15, -0.1) is 12.3 Å². The zero-order valence-electron chi connectivity index (χ0n) is 8.20. The fourth-order valence-electron chi connectivity index (χ4n) is 1.12. The number of rotatable bonds is 4. The van der Waals surface area contributed by atoms with E-state index in [2.05, 4.69) is 15.8 Å². The minimum absolute atomic E-state index is 0.793. The highest BCUT2D eigenvalue weighted by atomic mass is 15.1. The average molecular weight is 177 g/mol. The highest BCUT2D eigenvalue weighted by Gasteiger charge is 2.02. The summed E-state index contributed by atoms with van der Waals surface area (Å²) in [4.78, 5) is 6.40. The molecule has 0 fully saturated rings. The highest BCUT2D eigenvalue weighted by molar-refractivity contribution is 4.91. The first-order valence-electron chi connectivity index (χ1n) is 4.32. The van der Waals surface area contributed by atoms with Crippen LogP contribution in [-0.2, 0) is 13.6 Å². The topological polar surface area (TPSA) is 21.1 Å². The van der Waals surface area contributed by atoms with Crippen LogP contribution in [0.15, 0.2) is 12.4 Å². The minimum atomic E-state index is 0.793. The number of terminal acetylenes is 1. The molecule has 0 spiro atoms. The summed E-state index contributed by atoms with van der Waals surface area (Å²) >= 11 is 0. The lowest BCUT2D eigenvalue weighted by Gasteiger charge is -2.14. The number of nitrogens with zero attached hydrogens (tertiary/aromatic N) is 3. The van der Waals surface area contributed by atoms with Crippen LogP contribution in [0.3, 0.4) is 0 Å². The molecule has 1 rings (SSSR count). The van der Waals surface area contributed by atoms with Crippen molar-refractivity contribution in [3.05, 3.63) is 18.2 Å². The predicted octanol–water partition coefficient (Wildman–Crippen LogP) is 0.875. The van der Waals surface area contributed by atoms with Gasteiger partial charge in [-0.05, 0) is 7.05 Å². The maximum Gasteiger partial charge on any atom is 0.122 e. The van der Waals surface area contributed by atoms with E-state index < -0.39 is 0 Å². The second kappa shape index (κ2) is 4.68. The molecule has 1 heterocycles. The molecule has 3 heteroatoms. The molecule has 3 nitrogen and oxygen atoms in total. The summed E-state index contributed by atoms with van der Waals surface area (Å²) in [5.41, 5.74) is 0. The third-order valence-corrected chi connectivity index (χ3v) is 1.97. The first-order chi connectivity index (χ1) is 6.24. The molecule has 0 aromatic carbocycles. The summed E-state index contributed by atoms with van der Waals surface area (Å²) in [6.45, 7) is 1.77. The summed E-state index contributed by atoms with van der Waals surface area (Å²) in [6.07, 6.45) is 9.73. The van der Waals surface area contributed by atoms with Gasteiger partial charge in [-0.1, -0.05) is 0 Å². The quantitative estimate of drug-likeness (QED) is 0.636. The van der Waals surface area contributed by atoms with Crippen molar-refractivity contribution >= 4 is 0 Å². The van der Waals surface area contributed by atoms with Gasteiger partial charge in [-0.25, -0.2) is 4.98 Å². The summed E-state index contributed by atoms with van der Waals surface area (Å²) < 4.78 is 2.02. The Kier molecular flexibility index (Phi) is 3.53. The van der Waals surface area contributed by atoms with E-state index in [-0.39, 0.29) is 0 Å². The molecule has 13 heavy (non-hydrogen) atoms. The number of aromatic nitrogens is 2. The zero-order chi connectivity index (χ0) is 9.68. The van der Waals surface area contributed by atoms with Gasteiger partial charge >= 0.3 is 0 Å². The molecule has 1 aromatic rings. The third kappa shape index (κ3) is 2.92. The van der Waals surface area contributed by atoms with Crippen molar-refractivity contribution in [2.45, 2.75) is 13.0 Å². The lowest BCUT2D eigenvalue weighted by Crippen LogP contribution is -2.20. The van der Waals surface area contributed by atoms with Crippen molar-refractivity contribution in [2.75, 3.05) is 13.6 Å². The summed E-state index contributed by atoms with van der Waals surface area (Å²) in [5.74, 6) is 3.69. The van der Waals surface area contributed by atoms with Gasteiger partial charge in [0.15, 0.2) is 0 Å². The van der Waals surface area contributed by atoms with E-state index in [0.717, 1.165) is 25.3 Å². The Balaban J connectivity index is 2.41. The Morgan fingerprint density at radius 3 is 3.00 bits per heavy atom. The molecule has 0 N–H and O–H groups in total. The molecule has 0 saturated heterocycles. The standard InChI is InChI=1S/C10H15N3/c1-4-5-7-12(2)9-10-11-6-8-13(10)3/h1,6,8H,5,7,9H2,2-3H3. The van der Waals surface area contributed by atoms with Gasteiger partial charge in [0, 0.05) is 32.4 Å². The Morgan fingerprint density at radius 1 is 1.69 bits per heavy atom. The smallest absolute Gasteiger partial charge is 0.122 e. The monoisotopic (exact) mass is 177 g/mol. The second-order valence-electron chi connectivity index (χ2n) is 3.15. The predicted molar refractivity (Wildman–Crippen MR) is 53.0 cm³/mol. The van der Waals surface area contributed by atoms with Crippen molar-refractivity contribution in [3.8, 4) is 12.3 Å². The van der Waals surface area contributed by atoms with Crippen molar-refractivity contribution in [1.29, 1.82) is 0 Å². The average Bonchev–Trinajstić information content (AvgIpc) is 2.48. The van der Waals surface area contributed by atoms with Crippen LogP contribution in [0.25, 0.3) is 0 Å². The van der Waals surface area contributed by atoms with E-state index in [0.29, 0.717) is 0 Å². The van der Waals surface area contributed by atoms with Crippen molar-refractivity contribution < 1.29 is 0 Å². The number of hydrogen-bond donors (Lipinski definition) is 0. The molecular weight excluding hydrogens is 162 g/mol. The van der Waals surface area contributed by atoms with Crippen molar-refractivity contribution in [1.82, 2.24) is 14.5 Å². The fraction of sp³-hybridized carbons (Fsp3) is 0.500. The molecule has 0 amide bonds. The zero-order valence-corrected chi connectivity index (χ0v) is 8.20. The molecule has 1 aromatic heterocycles. The van der Waals surface area contributed by atoms with E-state index in [1.54, 1.807) is 0 Å². The lowest BCUT2D eigenvalue weighted by atomic mass is 10.4. The Labute approximate surface area is 79.4 Å². The van der Waals surface area contributed by atoms with Gasteiger partial charge in [0.2, 0.25) is 0 Å². The highest BCUT2D eigenvalue weighted by Crippen LogP contribution is 1.99. The van der Waals surface area contributed by atoms with E-state index in [4.69, 9.17) is 6.42 Å². The van der Waals surface area contributed by atoms with Gasteiger partial charge in [-0.3, -0.25) is 4.90 Å². The van der Waals surface area contributed by atoms with E-state index in [9.17, 15) is 0 Å². The maximum absolute atomic E-state index is 5.18. The van der Waals surface area contributed by atoms with Gasteiger partial charge < -0.3 is 4.57 Å². The van der Waals surface area contributed by atoms with Crippen LogP contribution in [0, 0.1) is 12.3 Å². The number of imidazole rings is 1. The third-order valence-electron chi connectivity index (χ3n) is 1.97. The van der Waals surface area contributed by atoms with E-state index in [1.807, 2.05) is 31.1 Å². The lowest BCUT2D eigenvalue weighted by molar-refractivity contribution is 0.323. The summed E-state index contributed by atoms with van der Waals surface area (Å²) in [6, 6.07) is 0. The Hall–Kier alpha value is -1.27. The molecule has 0 atom stereocenters. The Morgan fingerprint density at radius 2 is 2.46 bits per heavy atom. The van der Waals surface area contributed by atoms with Gasteiger partial charge in [0.25, 0.3) is 0 Å². The second-order valence-corrected chi connectivity index (χ2v) is 3.15. The Bertz CT molecular complexity index is 295. The van der Waals surface area contributed by atoms with Gasteiger partial charge in [-0.2, -0.15) is 0 Å². The fourth-order valence-corrected chi connectivity index (χ4v) is 1.12. The molecule has 70 valence electrons. The van der Waals surface area contributed by atoms with Gasteiger partial charge in [0.05, 0.1) is 6.54 Å². The first kappa shape index (κ1) is 9.82. The first-order valence-corrected chi connectivity index (χ1v) is 4.32. The van der Waals surface area contributed by atoms with E-state index in [1.165, 1.54) is 0 Å². The van der Waals surface area contributed by atoms with Crippen LogP contribution in [0.4, 0.5) is 0 Å². The minimum Gasteiger partial charge on any atom is -0.337 e. The van der Waals surface area contributed by atoms with Gasteiger partial charge in [0.1, 0.15) is 5.82 Å². The van der Waals surface area contributed by atoms with E-state index >= 15 is 0 Å². The molecular formula is C10H15N3. The summed E-state index contributed by atoms with van der Waals surface area (Å²) in [7, 11) is 4.05. The number of aryl methyl sites for hydroxylation is 1. The molecule has 0 unspecified atom stereocenters. The van der Waals surface area contributed by atoms with Crippen LogP contribution in [0.1, 0.15) is 12.2 Å². The normalized spacial score (nSPS) is 10.3. The molecule has 0 aliphatic carbocycles. The van der Waals surface area contributed by atoms with Crippen LogP contribution in [-0.4, -0.2) is 28.0 Å². The molecule has 0 aliphatic rings. The molecule has 0 aliphatic heterocycles. The number of hydrogen-bond acceptors (Lipinski definition) is 2. The summed E-state index contributed by atoms with van der Waals surface area (Å²) in [5, 5.41) is 0. The molecule has 0 saturated carbocycles. The van der Waals surface area contributed by atoms with Crippen molar-refractivity contribution in [3.63, 3.8) is 0 Å². The van der Waals surface area contributed by atoms with Crippen LogP contribution in [0.5, 0.6) is 0 Å². The van der Waals surface area contributed by atoms with Crippen LogP contribution in [0.2, 0.25) is 0 Å². The maximum atomic E-state index is 5.18. The molecule has 0 radical (unpaired) electrons. The molecule has 0 bridgehead atoms. The van der Waals surface area contributed by atoms with Crippen LogP contribution < -0.4 is 0 Å². The SMILES string of the molecule is C#CCCN(C)Cc1nccn1C. The van der Waals surface area contributed by atoms with Crippen molar-refractivity contribution in [2.24, 2.45) is 7.05 Å². The largest absolute Gasteiger partial charge is 0.337 e.